The molecule has 0 aliphatic carbocycles. The summed E-state index contributed by atoms with van der Waals surface area (Å²) in [5, 5.41) is 9.85. The normalized spacial score (nSPS) is 23.6. The summed E-state index contributed by atoms with van der Waals surface area (Å²) in [5.74, 6) is -0.156. The Morgan fingerprint density at radius 3 is 2.34 bits per heavy atom. The predicted molar refractivity (Wildman–Crippen MR) is 252 cm³/mol. The summed E-state index contributed by atoms with van der Waals surface area (Å²) in [5.41, 5.74) is 7.17. The van der Waals surface area contributed by atoms with Crippen LogP contribution in [-0.4, -0.2) is 126 Å². The van der Waals surface area contributed by atoms with E-state index in [1.165, 1.54) is 5.56 Å². The van der Waals surface area contributed by atoms with Crippen LogP contribution >= 0.6 is 0 Å². The molecule has 5 amide bonds. The topological polar surface area (TPSA) is 180 Å². The van der Waals surface area contributed by atoms with E-state index in [0.29, 0.717) is 59.2 Å². The molecule has 2 N–H and O–H groups in total. The van der Waals surface area contributed by atoms with Gasteiger partial charge in [-0.05, 0) is 126 Å². The van der Waals surface area contributed by atoms with Crippen molar-refractivity contribution in [2.45, 2.75) is 97.4 Å². The van der Waals surface area contributed by atoms with Gasteiger partial charge in [0.05, 0.1) is 46.2 Å². The highest BCUT2D eigenvalue weighted by Gasteiger charge is 2.45. The number of nitrogens with zero attached hydrogens (tertiary/aromatic N) is 9. The maximum absolute atomic E-state index is 13.9. The first-order chi connectivity index (χ1) is 32.3. The Balaban J connectivity index is 0.771. The standard InChI is InChI=1S/C50H59N11O6/c1-29-7-6-18-67-49-39(23-51-56(49)5)41-21-35(19-30(2)52-41)45(63)55-50-53-40-11-8-34(20-43(40)59(50)24-29)28-57-16-14-33(15-17-57)27-58-25-31(3)60(32(4)26-58)36-9-10-37-38(22-36)48(66)61(47(37)65)42-12-13-44(62)54-46(42)64/h8-11,19-23,29,31-33,42H,6-7,12-18,24-28H2,1-5H3,(H,53,55,63)(H,54,62,64)/t29-,31?,32?,42?/m1/s1. The minimum atomic E-state index is -0.984. The molecule has 10 rings (SSSR count). The van der Waals surface area contributed by atoms with Crippen LogP contribution in [0.25, 0.3) is 22.3 Å². The number of pyridine rings is 1. The monoisotopic (exact) mass is 909 g/mol. The number of piperidine rings is 2. The number of benzene rings is 2. The van der Waals surface area contributed by atoms with Gasteiger partial charge >= 0.3 is 0 Å². The van der Waals surface area contributed by atoms with Crippen LogP contribution in [-0.2, 0) is 29.7 Å². The highest BCUT2D eigenvalue weighted by Crippen LogP contribution is 2.35. The summed E-state index contributed by atoms with van der Waals surface area (Å²) in [6, 6.07) is 14.9. The zero-order valence-electron chi connectivity index (χ0n) is 39.0. The molecule has 0 saturated carbocycles. The van der Waals surface area contributed by atoms with Crippen molar-refractivity contribution >= 4 is 52.2 Å². The van der Waals surface area contributed by atoms with E-state index in [0.717, 1.165) is 97.8 Å². The van der Waals surface area contributed by atoms with E-state index >= 15 is 0 Å². The van der Waals surface area contributed by atoms with Gasteiger partial charge in [0.2, 0.25) is 23.6 Å². The Morgan fingerprint density at radius 1 is 0.791 bits per heavy atom. The number of aromatic nitrogens is 5. The Kier molecular flexibility index (Phi) is 11.9. The summed E-state index contributed by atoms with van der Waals surface area (Å²) in [4.78, 5) is 83.3. The van der Waals surface area contributed by atoms with Crippen molar-refractivity contribution in [2.75, 3.05) is 49.5 Å². The third-order valence-corrected chi connectivity index (χ3v) is 14.3. The number of piperazine rings is 1. The van der Waals surface area contributed by atoms with Crippen LogP contribution < -0.4 is 20.3 Å². The zero-order valence-corrected chi connectivity index (χ0v) is 39.0. The van der Waals surface area contributed by atoms with Crippen LogP contribution in [0, 0.1) is 18.8 Å². The van der Waals surface area contributed by atoms with Gasteiger partial charge in [-0.1, -0.05) is 13.0 Å². The van der Waals surface area contributed by atoms with Gasteiger partial charge < -0.3 is 14.2 Å². The molecule has 2 aromatic carbocycles. The number of anilines is 2. The average Bonchev–Trinajstić information content (AvgIpc) is 3.91. The van der Waals surface area contributed by atoms with Crippen LogP contribution in [0.2, 0.25) is 0 Å². The first-order valence-electron chi connectivity index (χ1n) is 23.8. The van der Waals surface area contributed by atoms with E-state index in [9.17, 15) is 24.0 Å². The van der Waals surface area contributed by atoms with Gasteiger partial charge in [-0.25, -0.2) is 9.67 Å². The lowest BCUT2D eigenvalue weighted by Gasteiger charge is -2.47. The molecule has 17 nitrogen and oxygen atoms in total. The van der Waals surface area contributed by atoms with Crippen LogP contribution in [0.5, 0.6) is 5.88 Å². The minimum absolute atomic E-state index is 0.0883. The van der Waals surface area contributed by atoms with Gasteiger partial charge in [0.15, 0.2) is 0 Å². The van der Waals surface area contributed by atoms with Crippen LogP contribution in [0.4, 0.5) is 11.6 Å². The fraction of sp³-hybridized carbons (Fsp3) is 0.480. The molecule has 3 fully saturated rings. The summed E-state index contributed by atoms with van der Waals surface area (Å²) in [6.45, 7) is 15.4. The molecular weight excluding hydrogens is 851 g/mol. The first kappa shape index (κ1) is 44.4. The fourth-order valence-corrected chi connectivity index (χ4v) is 11.1. The van der Waals surface area contributed by atoms with Crippen molar-refractivity contribution in [3.8, 4) is 17.1 Å². The number of amides is 5. The average molecular weight is 910 g/mol. The molecule has 4 atom stereocenters. The quantitative estimate of drug-likeness (QED) is 0.207. The lowest BCUT2D eigenvalue weighted by atomic mass is 9.94. The van der Waals surface area contributed by atoms with E-state index in [4.69, 9.17) is 14.7 Å². The number of imidazole rings is 1. The molecule has 3 saturated heterocycles. The first-order valence-corrected chi connectivity index (χ1v) is 23.8. The van der Waals surface area contributed by atoms with Crippen LogP contribution in [0.3, 0.4) is 0 Å². The number of imide groups is 2. The molecule has 5 aromatic rings. The maximum Gasteiger partial charge on any atom is 0.262 e. The second-order valence-corrected chi connectivity index (χ2v) is 19.5. The van der Waals surface area contributed by atoms with Gasteiger partial charge in [0, 0.05) is 75.2 Å². The molecule has 5 aliphatic rings. The van der Waals surface area contributed by atoms with Gasteiger partial charge in [0.25, 0.3) is 17.7 Å². The predicted octanol–water partition coefficient (Wildman–Crippen LogP) is 5.41. The number of fused-ring (bicyclic) bond motifs is 8. The van der Waals surface area contributed by atoms with Crippen molar-refractivity contribution in [1.29, 1.82) is 0 Å². The largest absolute Gasteiger partial charge is 0.477 e. The molecule has 17 heteroatoms. The number of nitrogens with one attached hydrogen (secondary N) is 2. The van der Waals surface area contributed by atoms with Gasteiger partial charge in [-0.2, -0.15) is 5.10 Å². The summed E-state index contributed by atoms with van der Waals surface area (Å²) in [6.07, 6.45) is 5.98. The maximum atomic E-state index is 13.9. The molecule has 5 aliphatic heterocycles. The number of ether oxygens (including phenoxy) is 1. The Labute approximate surface area is 389 Å². The lowest BCUT2D eigenvalue weighted by Crippen LogP contribution is -2.58. The summed E-state index contributed by atoms with van der Waals surface area (Å²) < 4.78 is 10.2. The third kappa shape index (κ3) is 8.70. The summed E-state index contributed by atoms with van der Waals surface area (Å²) in [7, 11) is 1.85. The molecule has 2 bridgehead atoms. The Morgan fingerprint density at radius 2 is 1.57 bits per heavy atom. The van der Waals surface area contributed by atoms with E-state index in [1.807, 2.05) is 20.0 Å². The Hall–Kier alpha value is -6.46. The zero-order chi connectivity index (χ0) is 46.7. The molecular formula is C50H59N11O6. The molecule has 3 aromatic heterocycles. The Bertz CT molecular complexity index is 2780. The lowest BCUT2D eigenvalue weighted by molar-refractivity contribution is -0.136. The number of rotatable bonds is 6. The minimum Gasteiger partial charge on any atom is -0.477 e. The highest BCUT2D eigenvalue weighted by atomic mass is 16.5. The number of carbonyl (C=O) groups excluding carboxylic acids is 5. The molecule has 67 heavy (non-hydrogen) atoms. The molecule has 350 valence electrons. The molecule has 8 heterocycles. The van der Waals surface area contributed by atoms with E-state index in [2.05, 4.69) is 74.0 Å². The van der Waals surface area contributed by atoms with Crippen LogP contribution in [0.15, 0.2) is 54.7 Å². The third-order valence-electron chi connectivity index (χ3n) is 14.3. The van der Waals surface area contributed by atoms with Gasteiger partial charge in [-0.3, -0.25) is 54.3 Å². The van der Waals surface area contributed by atoms with E-state index in [1.54, 1.807) is 35.1 Å². The van der Waals surface area contributed by atoms with Gasteiger partial charge in [0.1, 0.15) is 6.04 Å². The van der Waals surface area contributed by atoms with Crippen molar-refractivity contribution < 1.29 is 28.7 Å². The number of aryl methyl sites for hydroxylation is 2. The highest BCUT2D eigenvalue weighted by molar-refractivity contribution is 6.23. The second-order valence-electron chi connectivity index (χ2n) is 19.5. The second kappa shape index (κ2) is 18.0. The SMILES string of the molecule is Cc1cc2cc(n1)-c1cnn(C)c1OCCC[C@@H](C)Cn1c(nc3ccc(CN4CCC(CN5CC(C)N(c6ccc7c(c6)C(=O)N(C6CCC(=O)NC6=O)C7=O)C(C)C5)CC4)cc31)NC2=O. The molecule has 3 unspecified atom stereocenters. The smallest absolute Gasteiger partial charge is 0.262 e. The van der Waals surface area contributed by atoms with Crippen molar-refractivity contribution in [3.05, 3.63) is 82.7 Å². The fourth-order valence-electron chi connectivity index (χ4n) is 11.1. The van der Waals surface area contributed by atoms with E-state index < -0.39 is 29.7 Å². The number of carbonyl (C=O) groups is 5. The van der Waals surface area contributed by atoms with Crippen molar-refractivity contribution in [2.24, 2.45) is 18.9 Å². The number of likely N-dealkylation sites (tertiary alicyclic amines) is 1. The van der Waals surface area contributed by atoms with Crippen molar-refractivity contribution in [1.82, 2.24) is 44.3 Å². The molecule has 0 radical (unpaired) electrons. The number of hydrogen-bond acceptors (Lipinski definition) is 12. The van der Waals surface area contributed by atoms with Crippen molar-refractivity contribution in [3.63, 3.8) is 0 Å². The van der Waals surface area contributed by atoms with Crippen LogP contribution in [0.1, 0.15) is 102 Å². The van der Waals surface area contributed by atoms with Gasteiger partial charge in [-0.15, -0.1) is 0 Å². The molecule has 0 spiro atoms. The summed E-state index contributed by atoms with van der Waals surface area (Å²) >= 11 is 0. The number of hydrogen-bond donors (Lipinski definition) is 2. The van der Waals surface area contributed by atoms with E-state index in [-0.39, 0.29) is 30.8 Å².